The Morgan fingerprint density at radius 3 is 2.39 bits per heavy atom. The fourth-order valence-electron chi connectivity index (χ4n) is 3.06. The van der Waals surface area contributed by atoms with E-state index in [9.17, 15) is 30.3 Å². The van der Waals surface area contributed by atoms with Gasteiger partial charge in [0.2, 0.25) is 6.29 Å². The predicted molar refractivity (Wildman–Crippen MR) is 109 cm³/mol. The molecule has 2 aromatic rings. The summed E-state index contributed by atoms with van der Waals surface area (Å²) in [6.45, 7) is -0.581. The summed E-state index contributed by atoms with van der Waals surface area (Å²) < 4.78 is 16.2. The molecule has 1 aliphatic rings. The number of phenolic OH excluding ortho intramolecular Hbond substituents is 1. The molecule has 1 fully saturated rings. The monoisotopic (exact) mass is 432 g/mol. The molecule has 0 aromatic heterocycles. The molecule has 9 nitrogen and oxygen atoms in total. The molecule has 0 spiro atoms. The van der Waals surface area contributed by atoms with Gasteiger partial charge in [0, 0.05) is 5.56 Å². The van der Waals surface area contributed by atoms with Crippen LogP contribution in [0.15, 0.2) is 48.5 Å². The molecule has 5 atom stereocenters. The van der Waals surface area contributed by atoms with Crippen molar-refractivity contribution in [3.63, 3.8) is 0 Å². The van der Waals surface area contributed by atoms with E-state index in [2.05, 4.69) is 0 Å². The summed E-state index contributed by atoms with van der Waals surface area (Å²) in [7, 11) is 1.37. The Labute approximate surface area is 178 Å². The van der Waals surface area contributed by atoms with Crippen LogP contribution in [-0.4, -0.2) is 75.7 Å². The summed E-state index contributed by atoms with van der Waals surface area (Å²) in [5, 5.41) is 48.5. The highest BCUT2D eigenvalue weighted by atomic mass is 16.7. The first kappa shape index (κ1) is 22.7. The molecule has 1 heterocycles. The highest BCUT2D eigenvalue weighted by Crippen LogP contribution is 2.32. The standard InChI is InChI=1S/C22H24O9/c1-29-17-10-13(15(25)8-4-12-2-6-14(24)7-3-12)5-9-16(17)30-22-21(28)20(27)19(26)18(11-23)31-22/h2-10,18-24,26-28H,11H2,1H3/t18-,19-,20+,21-,22-/m1/s1. The van der Waals surface area contributed by atoms with E-state index >= 15 is 0 Å². The van der Waals surface area contributed by atoms with E-state index in [0.717, 1.165) is 5.56 Å². The summed E-state index contributed by atoms with van der Waals surface area (Å²) >= 11 is 0. The molecule has 0 radical (unpaired) electrons. The van der Waals surface area contributed by atoms with Crippen molar-refractivity contribution in [2.24, 2.45) is 0 Å². The molecule has 3 rings (SSSR count). The van der Waals surface area contributed by atoms with Crippen LogP contribution in [0, 0.1) is 0 Å². The van der Waals surface area contributed by atoms with Gasteiger partial charge in [-0.3, -0.25) is 4.79 Å². The molecule has 0 amide bonds. The molecule has 1 aliphatic heterocycles. The number of hydrogen-bond acceptors (Lipinski definition) is 9. The molecule has 0 saturated carbocycles. The van der Waals surface area contributed by atoms with Crippen LogP contribution in [0.2, 0.25) is 0 Å². The van der Waals surface area contributed by atoms with Gasteiger partial charge in [-0.15, -0.1) is 0 Å². The van der Waals surface area contributed by atoms with Gasteiger partial charge in [0.15, 0.2) is 17.3 Å². The fourth-order valence-corrected chi connectivity index (χ4v) is 3.06. The maximum Gasteiger partial charge on any atom is 0.229 e. The number of aromatic hydroxyl groups is 1. The Morgan fingerprint density at radius 1 is 1.03 bits per heavy atom. The number of benzene rings is 2. The fraction of sp³-hybridized carbons (Fsp3) is 0.318. The summed E-state index contributed by atoms with van der Waals surface area (Å²) in [6, 6.07) is 10.7. The van der Waals surface area contributed by atoms with E-state index in [0.29, 0.717) is 5.56 Å². The van der Waals surface area contributed by atoms with Crippen molar-refractivity contribution in [3.8, 4) is 17.2 Å². The maximum absolute atomic E-state index is 12.5. The number of aliphatic hydroxyl groups is 4. The number of ether oxygens (including phenoxy) is 3. The number of aliphatic hydroxyl groups excluding tert-OH is 4. The van der Waals surface area contributed by atoms with Gasteiger partial charge in [0.25, 0.3) is 0 Å². The molecular formula is C22H24O9. The number of methoxy groups -OCH3 is 1. The minimum atomic E-state index is -1.58. The average molecular weight is 432 g/mol. The Bertz CT molecular complexity index is 923. The Morgan fingerprint density at radius 2 is 1.74 bits per heavy atom. The van der Waals surface area contributed by atoms with Crippen LogP contribution < -0.4 is 9.47 Å². The Balaban J connectivity index is 1.75. The molecule has 2 aromatic carbocycles. The third-order valence-corrected chi connectivity index (χ3v) is 4.86. The van der Waals surface area contributed by atoms with Crippen molar-refractivity contribution in [1.29, 1.82) is 0 Å². The number of hydrogen-bond donors (Lipinski definition) is 5. The van der Waals surface area contributed by atoms with Gasteiger partial charge in [-0.05, 0) is 42.0 Å². The first-order valence-electron chi connectivity index (χ1n) is 9.50. The van der Waals surface area contributed by atoms with E-state index in [-0.39, 0.29) is 23.0 Å². The zero-order valence-corrected chi connectivity index (χ0v) is 16.7. The second kappa shape index (κ2) is 9.90. The van der Waals surface area contributed by atoms with Crippen molar-refractivity contribution in [2.45, 2.75) is 30.7 Å². The number of carbonyl (C=O) groups is 1. The van der Waals surface area contributed by atoms with Crippen LogP contribution in [0.3, 0.4) is 0 Å². The lowest BCUT2D eigenvalue weighted by Crippen LogP contribution is -2.60. The molecule has 0 bridgehead atoms. The number of allylic oxidation sites excluding steroid dienone is 1. The lowest BCUT2D eigenvalue weighted by molar-refractivity contribution is -0.277. The molecule has 5 N–H and O–H groups in total. The summed E-state index contributed by atoms with van der Waals surface area (Å²) in [5.41, 5.74) is 1.05. The molecular weight excluding hydrogens is 408 g/mol. The van der Waals surface area contributed by atoms with Crippen LogP contribution >= 0.6 is 0 Å². The predicted octanol–water partition coefficient (Wildman–Crippen LogP) is 0.476. The SMILES string of the molecule is COc1cc(C(=O)C=Cc2ccc(O)cc2)ccc1O[C@@H]1O[C@H](CO)[C@@H](O)[C@H](O)[C@H]1O. The van der Waals surface area contributed by atoms with Crippen LogP contribution in [0.25, 0.3) is 6.08 Å². The maximum atomic E-state index is 12.5. The first-order valence-corrected chi connectivity index (χ1v) is 9.50. The minimum absolute atomic E-state index is 0.128. The number of rotatable bonds is 7. The van der Waals surface area contributed by atoms with E-state index in [1.165, 1.54) is 43.5 Å². The zero-order chi connectivity index (χ0) is 22.5. The largest absolute Gasteiger partial charge is 0.508 e. The average Bonchev–Trinajstić information content (AvgIpc) is 2.79. The van der Waals surface area contributed by atoms with Crippen molar-refractivity contribution in [3.05, 3.63) is 59.7 Å². The molecule has 0 aliphatic carbocycles. The molecule has 0 unspecified atom stereocenters. The highest BCUT2D eigenvalue weighted by Gasteiger charge is 2.44. The number of carbonyl (C=O) groups excluding carboxylic acids is 1. The highest BCUT2D eigenvalue weighted by molar-refractivity contribution is 6.07. The van der Waals surface area contributed by atoms with Crippen LogP contribution in [0.5, 0.6) is 17.2 Å². The van der Waals surface area contributed by atoms with Crippen LogP contribution in [0.4, 0.5) is 0 Å². The zero-order valence-electron chi connectivity index (χ0n) is 16.7. The molecule has 166 valence electrons. The van der Waals surface area contributed by atoms with E-state index in [1.807, 2.05) is 0 Å². The lowest BCUT2D eigenvalue weighted by atomic mass is 9.99. The third kappa shape index (κ3) is 5.22. The molecule has 31 heavy (non-hydrogen) atoms. The van der Waals surface area contributed by atoms with Crippen LogP contribution in [-0.2, 0) is 4.74 Å². The smallest absolute Gasteiger partial charge is 0.229 e. The van der Waals surface area contributed by atoms with Gasteiger partial charge < -0.3 is 39.7 Å². The molecule has 9 heteroatoms. The summed E-state index contributed by atoms with van der Waals surface area (Å²) in [5.74, 6) is 0.140. The van der Waals surface area contributed by atoms with Crippen molar-refractivity contribution in [1.82, 2.24) is 0 Å². The van der Waals surface area contributed by atoms with E-state index in [4.69, 9.17) is 14.2 Å². The Kier molecular flexibility index (Phi) is 7.26. The number of ketones is 1. The quantitative estimate of drug-likeness (QED) is 0.311. The van der Waals surface area contributed by atoms with Gasteiger partial charge in [-0.2, -0.15) is 0 Å². The Hall–Kier alpha value is -2.95. The van der Waals surface area contributed by atoms with Gasteiger partial charge >= 0.3 is 0 Å². The van der Waals surface area contributed by atoms with Crippen LogP contribution in [0.1, 0.15) is 15.9 Å². The second-order valence-corrected chi connectivity index (χ2v) is 6.97. The summed E-state index contributed by atoms with van der Waals surface area (Å²) in [4.78, 5) is 12.5. The van der Waals surface area contributed by atoms with Crippen molar-refractivity contribution >= 4 is 11.9 Å². The van der Waals surface area contributed by atoms with Gasteiger partial charge in [0.1, 0.15) is 30.2 Å². The van der Waals surface area contributed by atoms with Crippen molar-refractivity contribution < 1.29 is 44.5 Å². The van der Waals surface area contributed by atoms with Gasteiger partial charge in [-0.25, -0.2) is 0 Å². The van der Waals surface area contributed by atoms with Gasteiger partial charge in [-0.1, -0.05) is 18.2 Å². The normalized spacial score (nSPS) is 26.0. The summed E-state index contributed by atoms with van der Waals surface area (Å²) in [6.07, 6.45) is -4.15. The van der Waals surface area contributed by atoms with E-state index in [1.54, 1.807) is 18.2 Å². The minimum Gasteiger partial charge on any atom is -0.508 e. The topological polar surface area (TPSA) is 146 Å². The third-order valence-electron chi connectivity index (χ3n) is 4.86. The molecule has 1 saturated heterocycles. The first-order chi connectivity index (χ1) is 14.8. The number of phenols is 1. The van der Waals surface area contributed by atoms with E-state index < -0.39 is 37.3 Å². The van der Waals surface area contributed by atoms with Crippen molar-refractivity contribution in [2.75, 3.05) is 13.7 Å². The second-order valence-electron chi connectivity index (χ2n) is 6.97. The van der Waals surface area contributed by atoms with Gasteiger partial charge in [0.05, 0.1) is 13.7 Å². The lowest BCUT2D eigenvalue weighted by Gasteiger charge is -2.39.